The second-order valence-corrected chi connectivity index (χ2v) is 5.24. The lowest BCUT2D eigenvalue weighted by Crippen LogP contribution is -2.05. The largest absolute Gasteiger partial charge is 0.497 e. The average molecular weight is 335 g/mol. The number of methoxy groups -OCH3 is 1. The highest BCUT2D eigenvalue weighted by molar-refractivity contribution is 5.89. The van der Waals surface area contributed by atoms with E-state index in [2.05, 4.69) is 4.98 Å². The summed E-state index contributed by atoms with van der Waals surface area (Å²) in [4.78, 5) is 16.0. The van der Waals surface area contributed by atoms with Crippen LogP contribution in [0.3, 0.4) is 0 Å². The van der Waals surface area contributed by atoms with Gasteiger partial charge in [0, 0.05) is 6.20 Å². The lowest BCUT2D eigenvalue weighted by atomic mass is 10.2. The van der Waals surface area contributed by atoms with Gasteiger partial charge in [-0.3, -0.25) is 4.98 Å². The molecule has 0 saturated heterocycles. The number of carbonyl (C=O) groups excluding carboxylic acids is 1. The molecule has 0 N–H and O–H groups in total. The van der Waals surface area contributed by atoms with Gasteiger partial charge in [-0.1, -0.05) is 12.1 Å². The third kappa shape index (κ3) is 4.57. The van der Waals surface area contributed by atoms with E-state index in [1.807, 2.05) is 36.4 Å². The molecule has 5 heteroatoms. The number of nitrogens with zero attached hydrogens (tertiary/aromatic N) is 1. The normalized spacial score (nSPS) is 10.1. The first-order valence-electron chi connectivity index (χ1n) is 7.72. The number of pyridine rings is 1. The molecule has 0 atom stereocenters. The molecule has 0 aliphatic heterocycles. The second kappa shape index (κ2) is 7.97. The number of carbonyl (C=O) groups is 1. The first-order valence-corrected chi connectivity index (χ1v) is 7.72. The summed E-state index contributed by atoms with van der Waals surface area (Å²) in [6.07, 6.45) is 3.33. The summed E-state index contributed by atoms with van der Waals surface area (Å²) in [6, 6.07) is 17.8. The van der Waals surface area contributed by atoms with Crippen LogP contribution in [0.4, 0.5) is 0 Å². The zero-order valence-electron chi connectivity index (χ0n) is 13.7. The maximum Gasteiger partial charge on any atom is 0.338 e. The van der Waals surface area contributed by atoms with Crippen LogP contribution in [-0.2, 0) is 11.3 Å². The number of esters is 1. The molecule has 126 valence electrons. The van der Waals surface area contributed by atoms with Crippen molar-refractivity contribution < 1.29 is 19.0 Å². The van der Waals surface area contributed by atoms with E-state index < -0.39 is 0 Å². The molecule has 1 aromatic heterocycles. The highest BCUT2D eigenvalue weighted by Crippen LogP contribution is 2.21. The van der Waals surface area contributed by atoms with E-state index in [0.717, 1.165) is 5.56 Å². The summed E-state index contributed by atoms with van der Waals surface area (Å²) in [6.45, 7) is 0.192. The van der Waals surface area contributed by atoms with E-state index >= 15 is 0 Å². The Labute approximate surface area is 145 Å². The van der Waals surface area contributed by atoms with Crippen LogP contribution in [0.1, 0.15) is 15.9 Å². The molecule has 0 saturated carbocycles. The first-order chi connectivity index (χ1) is 12.2. The Kier molecular flexibility index (Phi) is 5.26. The molecule has 2 aromatic carbocycles. The Morgan fingerprint density at radius 2 is 1.64 bits per heavy atom. The highest BCUT2D eigenvalue weighted by Gasteiger charge is 2.07. The predicted octanol–water partition coefficient (Wildman–Crippen LogP) is 4.24. The van der Waals surface area contributed by atoms with Crippen LogP contribution in [-0.4, -0.2) is 18.1 Å². The van der Waals surface area contributed by atoms with Gasteiger partial charge in [0.2, 0.25) is 0 Å². The Hall–Kier alpha value is -3.34. The van der Waals surface area contributed by atoms with Crippen molar-refractivity contribution in [2.24, 2.45) is 0 Å². The lowest BCUT2D eigenvalue weighted by molar-refractivity contribution is 0.0472. The van der Waals surface area contributed by atoms with Gasteiger partial charge in [-0.25, -0.2) is 4.79 Å². The zero-order chi connectivity index (χ0) is 17.5. The summed E-state index contributed by atoms with van der Waals surface area (Å²) < 4.78 is 16.0. The maximum absolute atomic E-state index is 12.0. The predicted molar refractivity (Wildman–Crippen MR) is 92.9 cm³/mol. The topological polar surface area (TPSA) is 57.7 Å². The number of ether oxygens (including phenoxy) is 3. The third-order valence-corrected chi connectivity index (χ3v) is 3.49. The fraction of sp³-hybridized carbons (Fsp3) is 0.100. The van der Waals surface area contributed by atoms with Crippen molar-refractivity contribution >= 4 is 5.97 Å². The van der Waals surface area contributed by atoms with E-state index in [4.69, 9.17) is 14.2 Å². The molecule has 25 heavy (non-hydrogen) atoms. The highest BCUT2D eigenvalue weighted by atomic mass is 16.5. The van der Waals surface area contributed by atoms with Gasteiger partial charge in [0.1, 0.15) is 23.9 Å². The van der Waals surface area contributed by atoms with Crippen LogP contribution in [0.15, 0.2) is 73.1 Å². The second-order valence-electron chi connectivity index (χ2n) is 5.24. The molecule has 0 spiro atoms. The average Bonchev–Trinajstić information content (AvgIpc) is 2.68. The fourth-order valence-corrected chi connectivity index (χ4v) is 2.16. The molecule has 5 nitrogen and oxygen atoms in total. The van der Waals surface area contributed by atoms with E-state index in [9.17, 15) is 4.79 Å². The fourth-order valence-electron chi connectivity index (χ4n) is 2.16. The van der Waals surface area contributed by atoms with Crippen molar-refractivity contribution in [3.63, 3.8) is 0 Å². The molecule has 3 aromatic rings. The Bertz CT molecular complexity index is 815. The van der Waals surface area contributed by atoms with Crippen molar-refractivity contribution in [2.75, 3.05) is 7.11 Å². The van der Waals surface area contributed by atoms with Gasteiger partial charge < -0.3 is 14.2 Å². The first kappa shape index (κ1) is 16.5. The smallest absolute Gasteiger partial charge is 0.338 e. The van der Waals surface area contributed by atoms with Crippen molar-refractivity contribution in [1.29, 1.82) is 0 Å². The third-order valence-electron chi connectivity index (χ3n) is 3.49. The van der Waals surface area contributed by atoms with Gasteiger partial charge >= 0.3 is 5.97 Å². The van der Waals surface area contributed by atoms with Gasteiger partial charge in [-0.05, 0) is 54.1 Å². The Morgan fingerprint density at radius 3 is 2.28 bits per heavy atom. The molecule has 0 bridgehead atoms. The summed E-state index contributed by atoms with van der Waals surface area (Å²) in [5.41, 5.74) is 1.36. The number of hydrogen-bond acceptors (Lipinski definition) is 5. The van der Waals surface area contributed by atoms with E-state index in [1.165, 1.54) is 0 Å². The van der Waals surface area contributed by atoms with E-state index in [0.29, 0.717) is 22.8 Å². The molecule has 0 amide bonds. The minimum atomic E-state index is -0.377. The van der Waals surface area contributed by atoms with Gasteiger partial charge in [0.05, 0.1) is 18.9 Å². The minimum Gasteiger partial charge on any atom is -0.497 e. The van der Waals surface area contributed by atoms with Gasteiger partial charge in [0.15, 0.2) is 0 Å². The molecule has 3 rings (SSSR count). The number of benzene rings is 2. The molecule has 0 fully saturated rings. The maximum atomic E-state index is 12.0. The molecule has 0 radical (unpaired) electrons. The van der Waals surface area contributed by atoms with Crippen LogP contribution in [0.2, 0.25) is 0 Å². The summed E-state index contributed by atoms with van der Waals surface area (Å²) >= 11 is 0. The van der Waals surface area contributed by atoms with Crippen molar-refractivity contribution in [3.8, 4) is 17.2 Å². The molecule has 0 aliphatic carbocycles. The molecular formula is C20H17NO4. The summed E-state index contributed by atoms with van der Waals surface area (Å²) in [5.74, 6) is 1.68. The molecule has 1 heterocycles. The summed E-state index contributed by atoms with van der Waals surface area (Å²) in [5, 5.41) is 0. The number of aromatic nitrogens is 1. The van der Waals surface area contributed by atoms with E-state index in [-0.39, 0.29) is 12.6 Å². The molecule has 0 unspecified atom stereocenters. The summed E-state index contributed by atoms with van der Waals surface area (Å²) in [7, 11) is 1.58. The monoisotopic (exact) mass is 335 g/mol. The molecule has 0 aliphatic rings. The Balaban J connectivity index is 1.55. The van der Waals surface area contributed by atoms with E-state index in [1.54, 1.807) is 43.8 Å². The van der Waals surface area contributed by atoms with Crippen LogP contribution in [0.25, 0.3) is 0 Å². The quantitative estimate of drug-likeness (QED) is 0.631. The van der Waals surface area contributed by atoms with Crippen LogP contribution in [0, 0.1) is 0 Å². The number of hydrogen-bond donors (Lipinski definition) is 0. The molecular weight excluding hydrogens is 318 g/mol. The SMILES string of the molecule is COc1ccc(C(=O)OCc2ccc(Oc3cccnc3)cc2)cc1. The van der Waals surface area contributed by atoms with Crippen LogP contribution in [0.5, 0.6) is 17.2 Å². The van der Waals surface area contributed by atoms with Crippen molar-refractivity contribution in [3.05, 3.63) is 84.2 Å². The van der Waals surface area contributed by atoms with Gasteiger partial charge in [-0.15, -0.1) is 0 Å². The van der Waals surface area contributed by atoms with Crippen LogP contribution >= 0.6 is 0 Å². The number of rotatable bonds is 6. The Morgan fingerprint density at radius 1 is 0.920 bits per heavy atom. The van der Waals surface area contributed by atoms with Crippen LogP contribution < -0.4 is 9.47 Å². The minimum absolute atomic E-state index is 0.192. The van der Waals surface area contributed by atoms with Crippen molar-refractivity contribution in [2.45, 2.75) is 6.61 Å². The van der Waals surface area contributed by atoms with Gasteiger partial charge in [0.25, 0.3) is 0 Å². The zero-order valence-corrected chi connectivity index (χ0v) is 13.7. The van der Waals surface area contributed by atoms with Gasteiger partial charge in [-0.2, -0.15) is 0 Å². The van der Waals surface area contributed by atoms with Crippen molar-refractivity contribution in [1.82, 2.24) is 4.98 Å². The lowest BCUT2D eigenvalue weighted by Gasteiger charge is -2.08. The standard InChI is InChI=1S/C20H17NO4/c1-23-17-10-6-16(7-11-17)20(22)24-14-15-4-8-18(9-5-15)25-19-3-2-12-21-13-19/h2-13H,14H2,1H3.